The third-order valence-corrected chi connectivity index (χ3v) is 3.64. The maximum Gasteiger partial charge on any atom is 0.123 e. The zero-order valence-electron chi connectivity index (χ0n) is 12.3. The lowest BCUT2D eigenvalue weighted by Crippen LogP contribution is -2.21. The lowest BCUT2D eigenvalue weighted by Gasteiger charge is -2.12. The number of halogens is 1. The predicted octanol–water partition coefficient (Wildman–Crippen LogP) is 2.44. The van der Waals surface area contributed by atoms with Crippen molar-refractivity contribution in [1.82, 2.24) is 14.9 Å². The van der Waals surface area contributed by atoms with Gasteiger partial charge in [0.15, 0.2) is 0 Å². The topological polar surface area (TPSA) is 48.3 Å². The number of hydrogen-bond acceptors (Lipinski definition) is 4. The van der Waals surface area contributed by atoms with Gasteiger partial charge in [-0.1, -0.05) is 15.9 Å². The first-order valence-corrected chi connectivity index (χ1v) is 7.56. The summed E-state index contributed by atoms with van der Waals surface area (Å²) in [7, 11) is 3.38. The Labute approximate surface area is 133 Å². The number of ether oxygens (including phenoxy) is 2. The molecule has 0 amide bonds. The molecule has 1 aromatic heterocycles. The van der Waals surface area contributed by atoms with Crippen LogP contribution in [0.1, 0.15) is 11.4 Å². The van der Waals surface area contributed by atoms with Crippen LogP contribution in [0.15, 0.2) is 35.1 Å². The predicted molar refractivity (Wildman–Crippen MR) is 85.6 cm³/mol. The van der Waals surface area contributed by atoms with Crippen molar-refractivity contribution >= 4 is 15.9 Å². The van der Waals surface area contributed by atoms with Gasteiger partial charge >= 0.3 is 0 Å². The Morgan fingerprint density at radius 3 is 2.95 bits per heavy atom. The number of nitrogens with one attached hydrogen (secondary N) is 1. The molecule has 0 aliphatic rings. The normalized spacial score (nSPS) is 10.8. The summed E-state index contributed by atoms with van der Waals surface area (Å²) in [6, 6.07) is 6.01. The summed E-state index contributed by atoms with van der Waals surface area (Å²) in [5, 5.41) is 3.31. The molecule has 2 aromatic rings. The number of methoxy groups -OCH3 is 2. The first kappa shape index (κ1) is 16.0. The molecule has 1 heterocycles. The molecule has 0 spiro atoms. The van der Waals surface area contributed by atoms with Crippen molar-refractivity contribution in [3.63, 3.8) is 0 Å². The van der Waals surface area contributed by atoms with E-state index in [-0.39, 0.29) is 0 Å². The molecular formula is C15H20BrN3O2. The maximum absolute atomic E-state index is 5.42. The van der Waals surface area contributed by atoms with Gasteiger partial charge in [-0.15, -0.1) is 0 Å². The zero-order chi connectivity index (χ0) is 15.1. The van der Waals surface area contributed by atoms with Crippen LogP contribution in [0.25, 0.3) is 0 Å². The minimum absolute atomic E-state index is 0.695. The lowest BCUT2D eigenvalue weighted by atomic mass is 10.2. The van der Waals surface area contributed by atoms with Crippen LogP contribution in [0, 0.1) is 0 Å². The van der Waals surface area contributed by atoms with E-state index < -0.39 is 0 Å². The average molecular weight is 354 g/mol. The summed E-state index contributed by atoms with van der Waals surface area (Å²) in [5.41, 5.74) is 1.11. The van der Waals surface area contributed by atoms with Crippen molar-refractivity contribution in [2.75, 3.05) is 27.4 Å². The number of aromatic nitrogens is 2. The van der Waals surface area contributed by atoms with E-state index >= 15 is 0 Å². The van der Waals surface area contributed by atoms with Gasteiger partial charge in [0, 0.05) is 36.1 Å². The van der Waals surface area contributed by atoms with Gasteiger partial charge in [0.1, 0.15) is 11.6 Å². The smallest absolute Gasteiger partial charge is 0.123 e. The summed E-state index contributed by atoms with van der Waals surface area (Å²) in [4.78, 5) is 4.40. The third-order valence-electron chi connectivity index (χ3n) is 3.15. The Morgan fingerprint density at radius 2 is 2.19 bits per heavy atom. The molecule has 0 bridgehead atoms. The lowest BCUT2D eigenvalue weighted by molar-refractivity contribution is 0.199. The Kier molecular flexibility index (Phi) is 6.22. The summed E-state index contributed by atoms with van der Waals surface area (Å²) < 4.78 is 13.6. The zero-order valence-corrected chi connectivity index (χ0v) is 13.9. The van der Waals surface area contributed by atoms with Crippen LogP contribution in [0.4, 0.5) is 0 Å². The Balaban J connectivity index is 2.06. The van der Waals surface area contributed by atoms with Crippen molar-refractivity contribution < 1.29 is 9.47 Å². The molecule has 0 radical (unpaired) electrons. The van der Waals surface area contributed by atoms with Gasteiger partial charge in [-0.25, -0.2) is 4.98 Å². The molecule has 1 N–H and O–H groups in total. The van der Waals surface area contributed by atoms with Crippen LogP contribution in [-0.2, 0) is 17.8 Å². The Hall–Kier alpha value is -1.37. The van der Waals surface area contributed by atoms with E-state index in [1.807, 2.05) is 24.5 Å². The number of nitrogens with zero attached hydrogens (tertiary/aromatic N) is 2. The fourth-order valence-electron chi connectivity index (χ4n) is 2.08. The molecule has 0 saturated carbocycles. The summed E-state index contributed by atoms with van der Waals surface area (Å²) in [5.74, 6) is 1.87. The summed E-state index contributed by atoms with van der Waals surface area (Å²) in [6.45, 7) is 2.94. The van der Waals surface area contributed by atoms with Crippen LogP contribution in [0.3, 0.4) is 0 Å². The molecular weight excluding hydrogens is 334 g/mol. The summed E-state index contributed by atoms with van der Waals surface area (Å²) in [6.07, 6.45) is 3.80. The highest BCUT2D eigenvalue weighted by molar-refractivity contribution is 9.10. The largest absolute Gasteiger partial charge is 0.496 e. The SMILES string of the molecule is COCCNCc1nccn1Cc1cc(Br)ccc1OC. The minimum atomic E-state index is 0.695. The molecule has 0 saturated heterocycles. The quantitative estimate of drug-likeness (QED) is 0.740. The van der Waals surface area contributed by atoms with Gasteiger partial charge in [-0.3, -0.25) is 0 Å². The van der Waals surface area contributed by atoms with Crippen molar-refractivity contribution in [2.24, 2.45) is 0 Å². The molecule has 0 atom stereocenters. The number of benzene rings is 1. The van der Waals surface area contributed by atoms with E-state index in [4.69, 9.17) is 9.47 Å². The molecule has 0 unspecified atom stereocenters. The van der Waals surface area contributed by atoms with Crippen LogP contribution in [0.5, 0.6) is 5.75 Å². The van der Waals surface area contributed by atoms with Crippen molar-refractivity contribution in [2.45, 2.75) is 13.1 Å². The number of rotatable bonds is 8. The van der Waals surface area contributed by atoms with Crippen LogP contribution in [0.2, 0.25) is 0 Å². The molecule has 1 aromatic carbocycles. The first-order chi connectivity index (χ1) is 10.2. The number of hydrogen-bond donors (Lipinski definition) is 1. The molecule has 5 nitrogen and oxygen atoms in total. The fraction of sp³-hybridized carbons (Fsp3) is 0.400. The third kappa shape index (κ3) is 4.56. The van der Waals surface area contributed by atoms with Gasteiger partial charge < -0.3 is 19.4 Å². The van der Waals surface area contributed by atoms with E-state index in [2.05, 4.69) is 36.9 Å². The van der Waals surface area contributed by atoms with E-state index in [0.717, 1.165) is 34.7 Å². The number of imidazole rings is 1. The Morgan fingerprint density at radius 1 is 1.33 bits per heavy atom. The molecule has 2 rings (SSSR count). The van der Waals surface area contributed by atoms with Gasteiger partial charge in [0.25, 0.3) is 0 Å². The van der Waals surface area contributed by atoms with Gasteiger partial charge in [-0.2, -0.15) is 0 Å². The molecule has 0 aliphatic heterocycles. The highest BCUT2D eigenvalue weighted by Crippen LogP contribution is 2.24. The van der Waals surface area contributed by atoms with Crippen molar-refractivity contribution in [3.8, 4) is 5.75 Å². The highest BCUT2D eigenvalue weighted by atomic mass is 79.9. The van der Waals surface area contributed by atoms with E-state index in [1.165, 1.54) is 0 Å². The van der Waals surface area contributed by atoms with Gasteiger partial charge in [0.05, 0.1) is 26.8 Å². The maximum atomic E-state index is 5.42. The highest BCUT2D eigenvalue weighted by Gasteiger charge is 2.08. The monoisotopic (exact) mass is 353 g/mol. The van der Waals surface area contributed by atoms with E-state index in [9.17, 15) is 0 Å². The standard InChI is InChI=1S/C15H20BrN3O2/c1-20-8-6-17-10-15-18-5-7-19(15)11-12-9-13(16)3-4-14(12)21-2/h3-5,7,9,17H,6,8,10-11H2,1-2H3. The summed E-state index contributed by atoms with van der Waals surface area (Å²) >= 11 is 3.50. The van der Waals surface area contributed by atoms with Gasteiger partial charge in [0.2, 0.25) is 0 Å². The van der Waals surface area contributed by atoms with Crippen LogP contribution < -0.4 is 10.1 Å². The van der Waals surface area contributed by atoms with Crippen LogP contribution >= 0.6 is 15.9 Å². The van der Waals surface area contributed by atoms with E-state index in [1.54, 1.807) is 14.2 Å². The second-order valence-electron chi connectivity index (χ2n) is 4.60. The second kappa shape index (κ2) is 8.17. The van der Waals surface area contributed by atoms with E-state index in [0.29, 0.717) is 13.2 Å². The van der Waals surface area contributed by atoms with Gasteiger partial charge in [-0.05, 0) is 18.2 Å². The molecule has 114 valence electrons. The first-order valence-electron chi connectivity index (χ1n) is 6.76. The second-order valence-corrected chi connectivity index (χ2v) is 5.51. The van der Waals surface area contributed by atoms with Crippen LogP contribution in [-0.4, -0.2) is 36.9 Å². The minimum Gasteiger partial charge on any atom is -0.496 e. The molecule has 21 heavy (non-hydrogen) atoms. The molecule has 6 heteroatoms. The molecule has 0 fully saturated rings. The fourth-order valence-corrected chi connectivity index (χ4v) is 2.49. The molecule has 0 aliphatic carbocycles. The Bertz CT molecular complexity index is 572. The van der Waals surface area contributed by atoms with Crippen molar-refractivity contribution in [3.05, 3.63) is 46.5 Å². The van der Waals surface area contributed by atoms with Crippen molar-refractivity contribution in [1.29, 1.82) is 0 Å². The average Bonchev–Trinajstić information content (AvgIpc) is 2.91.